The van der Waals surface area contributed by atoms with Gasteiger partial charge in [0, 0.05) is 17.4 Å². The first kappa shape index (κ1) is 12.0. The topological polar surface area (TPSA) is 29.9 Å². The van der Waals surface area contributed by atoms with Crippen molar-refractivity contribution in [3.63, 3.8) is 0 Å². The first-order valence-electron chi connectivity index (χ1n) is 7.88. The molecular weight excluding hydrogens is 234 g/mol. The molecular formula is C16H25N3. The van der Waals surface area contributed by atoms with Crippen LogP contribution in [0.25, 0.3) is 0 Å². The summed E-state index contributed by atoms with van der Waals surface area (Å²) in [5.74, 6) is 4.24. The molecule has 104 valence electrons. The van der Waals surface area contributed by atoms with Crippen LogP contribution >= 0.6 is 0 Å². The fraction of sp³-hybridized carbons (Fsp3) is 0.812. The summed E-state index contributed by atoms with van der Waals surface area (Å²) in [6.45, 7) is 3.14. The highest BCUT2D eigenvalue weighted by atomic mass is 15.2. The van der Waals surface area contributed by atoms with E-state index in [0.717, 1.165) is 24.3 Å². The van der Waals surface area contributed by atoms with Gasteiger partial charge in [-0.05, 0) is 70.3 Å². The Morgan fingerprint density at radius 2 is 1.79 bits per heavy atom. The number of aryl methyl sites for hydroxylation is 1. The van der Waals surface area contributed by atoms with E-state index in [9.17, 15) is 0 Å². The number of imidazole rings is 1. The predicted octanol–water partition coefficient (Wildman–Crippen LogP) is 2.84. The number of nitrogens with one attached hydrogen (secondary N) is 1. The van der Waals surface area contributed by atoms with Crippen LogP contribution in [0.5, 0.6) is 0 Å². The number of rotatable bonds is 3. The standard InChI is InChI=1S/C16H25N3/c1-11-9-18-15(10-17-2)19(11)16-6-12-3-13(7-16)5-14(4-12)8-16/h9,12-14,17H,3-8,10H2,1-2H3. The minimum Gasteiger partial charge on any atom is -0.325 e. The van der Waals surface area contributed by atoms with Crippen molar-refractivity contribution in [3.05, 3.63) is 17.7 Å². The van der Waals surface area contributed by atoms with Crippen LogP contribution in [0.2, 0.25) is 0 Å². The van der Waals surface area contributed by atoms with Crippen LogP contribution in [-0.4, -0.2) is 16.6 Å². The average molecular weight is 259 g/mol. The average Bonchev–Trinajstić information content (AvgIpc) is 2.70. The molecule has 4 bridgehead atoms. The molecule has 1 aromatic heterocycles. The minimum atomic E-state index is 0.418. The van der Waals surface area contributed by atoms with Gasteiger partial charge in [-0.15, -0.1) is 0 Å². The van der Waals surface area contributed by atoms with E-state index >= 15 is 0 Å². The van der Waals surface area contributed by atoms with Crippen LogP contribution in [-0.2, 0) is 12.1 Å². The van der Waals surface area contributed by atoms with Crippen molar-refractivity contribution < 1.29 is 0 Å². The van der Waals surface area contributed by atoms with Gasteiger partial charge in [0.25, 0.3) is 0 Å². The summed E-state index contributed by atoms with van der Waals surface area (Å²) >= 11 is 0. The molecule has 5 rings (SSSR count). The Labute approximate surface area is 115 Å². The first-order chi connectivity index (χ1) is 9.20. The highest BCUT2D eigenvalue weighted by Gasteiger charge is 2.52. The normalized spacial score (nSPS) is 40.0. The monoisotopic (exact) mass is 259 g/mol. The maximum atomic E-state index is 4.66. The van der Waals surface area contributed by atoms with Crippen LogP contribution in [0.3, 0.4) is 0 Å². The second-order valence-electron chi connectivity index (χ2n) is 7.32. The number of nitrogens with zero attached hydrogens (tertiary/aromatic N) is 2. The molecule has 3 nitrogen and oxygen atoms in total. The highest BCUT2D eigenvalue weighted by molar-refractivity contribution is 5.14. The van der Waals surface area contributed by atoms with E-state index in [-0.39, 0.29) is 0 Å². The molecule has 0 saturated heterocycles. The zero-order chi connectivity index (χ0) is 13.0. The van der Waals surface area contributed by atoms with E-state index < -0.39 is 0 Å². The Morgan fingerprint density at radius 1 is 1.21 bits per heavy atom. The van der Waals surface area contributed by atoms with Gasteiger partial charge in [0.1, 0.15) is 5.82 Å². The molecule has 4 saturated carbocycles. The van der Waals surface area contributed by atoms with E-state index in [0.29, 0.717) is 5.54 Å². The maximum Gasteiger partial charge on any atom is 0.123 e. The molecule has 0 spiro atoms. The van der Waals surface area contributed by atoms with E-state index in [1.165, 1.54) is 50.0 Å². The number of hydrogen-bond acceptors (Lipinski definition) is 2. The number of aromatic nitrogens is 2. The van der Waals surface area contributed by atoms with E-state index in [4.69, 9.17) is 0 Å². The van der Waals surface area contributed by atoms with Crippen LogP contribution in [0, 0.1) is 24.7 Å². The van der Waals surface area contributed by atoms with Crippen LogP contribution < -0.4 is 5.32 Å². The molecule has 4 aliphatic carbocycles. The molecule has 0 aromatic carbocycles. The van der Waals surface area contributed by atoms with Crippen molar-refractivity contribution in [1.82, 2.24) is 14.9 Å². The lowest BCUT2D eigenvalue weighted by molar-refractivity contribution is -0.0453. The van der Waals surface area contributed by atoms with Crippen LogP contribution in [0.15, 0.2) is 6.20 Å². The van der Waals surface area contributed by atoms with Gasteiger partial charge in [-0.25, -0.2) is 4.98 Å². The molecule has 4 fully saturated rings. The summed E-state index contributed by atoms with van der Waals surface area (Å²) in [5, 5.41) is 3.29. The van der Waals surface area contributed by atoms with E-state index in [2.05, 4.69) is 28.0 Å². The summed E-state index contributed by atoms with van der Waals surface area (Å²) in [6.07, 6.45) is 10.8. The van der Waals surface area contributed by atoms with Crippen LogP contribution in [0.4, 0.5) is 0 Å². The zero-order valence-corrected chi connectivity index (χ0v) is 12.2. The SMILES string of the molecule is CNCc1ncc(C)n1C12CC3CC(CC(C3)C1)C2. The maximum absolute atomic E-state index is 4.66. The second-order valence-corrected chi connectivity index (χ2v) is 7.32. The molecule has 1 N–H and O–H groups in total. The second kappa shape index (κ2) is 4.08. The predicted molar refractivity (Wildman–Crippen MR) is 75.9 cm³/mol. The van der Waals surface area contributed by atoms with Gasteiger partial charge in [0.2, 0.25) is 0 Å². The fourth-order valence-corrected chi connectivity index (χ4v) is 5.76. The van der Waals surface area contributed by atoms with Crippen LogP contribution in [0.1, 0.15) is 50.0 Å². The fourth-order valence-electron chi connectivity index (χ4n) is 5.76. The van der Waals surface area contributed by atoms with Gasteiger partial charge < -0.3 is 9.88 Å². The Balaban J connectivity index is 1.77. The lowest BCUT2D eigenvalue weighted by Gasteiger charge is -2.57. The first-order valence-corrected chi connectivity index (χ1v) is 7.88. The van der Waals surface area contributed by atoms with Gasteiger partial charge in [-0.2, -0.15) is 0 Å². The summed E-state index contributed by atoms with van der Waals surface area (Å²) in [4.78, 5) is 4.66. The number of hydrogen-bond donors (Lipinski definition) is 1. The summed E-state index contributed by atoms with van der Waals surface area (Å²) in [7, 11) is 2.02. The molecule has 0 amide bonds. The van der Waals surface area contributed by atoms with Crippen molar-refractivity contribution in [2.45, 2.75) is 57.5 Å². The largest absolute Gasteiger partial charge is 0.325 e. The summed E-state index contributed by atoms with van der Waals surface area (Å²) in [5.41, 5.74) is 1.79. The van der Waals surface area contributed by atoms with Gasteiger partial charge in [-0.1, -0.05) is 0 Å². The van der Waals surface area contributed by atoms with Crippen molar-refractivity contribution in [2.24, 2.45) is 17.8 Å². The Morgan fingerprint density at radius 3 is 2.32 bits per heavy atom. The molecule has 0 unspecified atom stereocenters. The molecule has 4 aliphatic rings. The Kier molecular flexibility index (Phi) is 2.57. The van der Waals surface area contributed by atoms with Crippen molar-refractivity contribution in [3.8, 4) is 0 Å². The highest BCUT2D eigenvalue weighted by Crippen LogP contribution is 2.59. The van der Waals surface area contributed by atoms with Gasteiger partial charge in [0.15, 0.2) is 0 Å². The summed E-state index contributed by atoms with van der Waals surface area (Å²) in [6, 6.07) is 0. The van der Waals surface area contributed by atoms with E-state index in [1.54, 1.807) is 0 Å². The van der Waals surface area contributed by atoms with Crippen molar-refractivity contribution in [2.75, 3.05) is 7.05 Å². The molecule has 19 heavy (non-hydrogen) atoms. The van der Waals surface area contributed by atoms with Gasteiger partial charge in [0.05, 0.1) is 6.54 Å². The molecule has 1 heterocycles. The lowest BCUT2D eigenvalue weighted by atomic mass is 9.53. The smallest absolute Gasteiger partial charge is 0.123 e. The van der Waals surface area contributed by atoms with Crippen molar-refractivity contribution in [1.29, 1.82) is 0 Å². The quantitative estimate of drug-likeness (QED) is 0.904. The molecule has 0 atom stereocenters. The van der Waals surface area contributed by atoms with Gasteiger partial charge >= 0.3 is 0 Å². The Hall–Kier alpha value is -0.830. The lowest BCUT2D eigenvalue weighted by Crippen LogP contribution is -2.52. The van der Waals surface area contributed by atoms with E-state index in [1.807, 2.05) is 7.05 Å². The third kappa shape index (κ3) is 1.70. The third-order valence-electron chi connectivity index (χ3n) is 5.83. The minimum absolute atomic E-state index is 0.418. The molecule has 1 aromatic rings. The Bertz CT molecular complexity index is 453. The molecule has 0 radical (unpaired) electrons. The zero-order valence-electron chi connectivity index (χ0n) is 12.2. The third-order valence-corrected chi connectivity index (χ3v) is 5.83. The molecule has 0 aliphatic heterocycles. The molecule has 3 heteroatoms. The van der Waals surface area contributed by atoms with Crippen molar-refractivity contribution >= 4 is 0 Å². The summed E-state index contributed by atoms with van der Waals surface area (Å²) < 4.78 is 2.62. The van der Waals surface area contributed by atoms with Gasteiger partial charge in [-0.3, -0.25) is 0 Å².